The summed E-state index contributed by atoms with van der Waals surface area (Å²) < 4.78 is 4.93. The van der Waals surface area contributed by atoms with Crippen molar-refractivity contribution in [2.75, 3.05) is 13.2 Å². The number of ether oxygens (including phenoxy) is 1. The van der Waals surface area contributed by atoms with Gasteiger partial charge in [0.1, 0.15) is 12.4 Å². The molecule has 0 spiro atoms. The molecule has 0 bridgehead atoms. The van der Waals surface area contributed by atoms with Crippen molar-refractivity contribution >= 4 is 11.9 Å². The van der Waals surface area contributed by atoms with E-state index in [1.165, 1.54) is 17.0 Å². The smallest absolute Gasteiger partial charge is 0.328 e. The normalized spacial score (nSPS) is 19.9. The molecular formula is C12H13NO5. The number of benzene rings is 1. The van der Waals surface area contributed by atoms with E-state index in [1.807, 2.05) is 0 Å². The van der Waals surface area contributed by atoms with E-state index in [0.29, 0.717) is 5.56 Å². The van der Waals surface area contributed by atoms with Gasteiger partial charge in [0.15, 0.2) is 6.04 Å². The van der Waals surface area contributed by atoms with Crippen molar-refractivity contribution in [3.05, 3.63) is 29.8 Å². The molecule has 2 N–H and O–H groups in total. The first-order chi connectivity index (χ1) is 8.58. The molecule has 96 valence electrons. The van der Waals surface area contributed by atoms with Gasteiger partial charge >= 0.3 is 5.97 Å². The molecule has 18 heavy (non-hydrogen) atoms. The van der Waals surface area contributed by atoms with Crippen LogP contribution in [0.15, 0.2) is 24.3 Å². The Hall–Kier alpha value is -2.08. The molecule has 0 saturated carbocycles. The van der Waals surface area contributed by atoms with Crippen LogP contribution in [0.2, 0.25) is 0 Å². The van der Waals surface area contributed by atoms with Crippen LogP contribution in [-0.2, 0) is 20.9 Å². The van der Waals surface area contributed by atoms with Crippen LogP contribution in [0.3, 0.4) is 0 Å². The summed E-state index contributed by atoms with van der Waals surface area (Å²) in [7, 11) is 0. The summed E-state index contributed by atoms with van der Waals surface area (Å²) in [5, 5.41) is 18.4. The van der Waals surface area contributed by atoms with Gasteiger partial charge < -0.3 is 19.8 Å². The lowest BCUT2D eigenvalue weighted by atomic mass is 10.1. The molecule has 1 heterocycles. The first-order valence-electron chi connectivity index (χ1n) is 5.46. The Morgan fingerprint density at radius 3 is 2.94 bits per heavy atom. The molecule has 1 fully saturated rings. The predicted molar refractivity (Wildman–Crippen MR) is 60.9 cm³/mol. The van der Waals surface area contributed by atoms with Crippen molar-refractivity contribution in [1.82, 2.24) is 4.90 Å². The standard InChI is InChI=1S/C12H13NO5/c14-9-3-1-2-8(4-9)5-13-10(12(16)17)6-18-7-11(13)15/h1-4,10,14H,5-7H2,(H,16,17). The second-order valence-corrected chi connectivity index (χ2v) is 4.06. The van der Waals surface area contributed by atoms with Gasteiger partial charge in [0, 0.05) is 6.54 Å². The molecular weight excluding hydrogens is 238 g/mol. The SMILES string of the molecule is O=C(O)C1COCC(=O)N1Cc1cccc(O)c1. The van der Waals surface area contributed by atoms with E-state index in [0.717, 1.165) is 0 Å². The van der Waals surface area contributed by atoms with Crippen molar-refractivity contribution in [3.8, 4) is 5.75 Å². The number of amides is 1. The largest absolute Gasteiger partial charge is 0.508 e. The first kappa shape index (κ1) is 12.4. The Morgan fingerprint density at radius 1 is 1.50 bits per heavy atom. The fourth-order valence-corrected chi connectivity index (χ4v) is 1.86. The van der Waals surface area contributed by atoms with E-state index >= 15 is 0 Å². The molecule has 1 saturated heterocycles. The number of aliphatic carboxylic acids is 1. The van der Waals surface area contributed by atoms with Crippen molar-refractivity contribution in [2.24, 2.45) is 0 Å². The van der Waals surface area contributed by atoms with Gasteiger partial charge in [-0.25, -0.2) is 4.79 Å². The van der Waals surface area contributed by atoms with Gasteiger partial charge in [-0.1, -0.05) is 12.1 Å². The lowest BCUT2D eigenvalue weighted by Gasteiger charge is -2.32. The Kier molecular flexibility index (Phi) is 3.47. The van der Waals surface area contributed by atoms with Gasteiger partial charge in [-0.3, -0.25) is 4.79 Å². The van der Waals surface area contributed by atoms with Crippen molar-refractivity contribution < 1.29 is 24.5 Å². The van der Waals surface area contributed by atoms with Gasteiger partial charge in [0.25, 0.3) is 0 Å². The van der Waals surface area contributed by atoms with E-state index in [9.17, 15) is 14.7 Å². The third-order valence-corrected chi connectivity index (χ3v) is 2.75. The highest BCUT2D eigenvalue weighted by Gasteiger charge is 2.33. The lowest BCUT2D eigenvalue weighted by Crippen LogP contribution is -2.52. The Morgan fingerprint density at radius 2 is 2.28 bits per heavy atom. The summed E-state index contributed by atoms with van der Waals surface area (Å²) in [6.45, 7) is 0.0239. The predicted octanol–water partition coefficient (Wildman–Crippen LogP) is 0.204. The minimum absolute atomic E-state index is 0.0140. The molecule has 1 aromatic carbocycles. The van der Waals surface area contributed by atoms with Gasteiger partial charge in [-0.05, 0) is 17.7 Å². The van der Waals surface area contributed by atoms with E-state index in [2.05, 4.69) is 0 Å². The van der Waals surface area contributed by atoms with Crippen LogP contribution in [0.5, 0.6) is 5.75 Å². The Balaban J connectivity index is 2.18. The van der Waals surface area contributed by atoms with E-state index in [4.69, 9.17) is 9.84 Å². The summed E-state index contributed by atoms with van der Waals surface area (Å²) in [6, 6.07) is 5.40. The average Bonchev–Trinajstić information content (AvgIpc) is 2.31. The topological polar surface area (TPSA) is 87.1 Å². The van der Waals surface area contributed by atoms with Gasteiger partial charge in [-0.15, -0.1) is 0 Å². The molecule has 0 aromatic heterocycles. The Labute approximate surface area is 103 Å². The van der Waals surface area contributed by atoms with Crippen LogP contribution in [-0.4, -0.2) is 46.2 Å². The number of carbonyl (C=O) groups excluding carboxylic acids is 1. The zero-order valence-electron chi connectivity index (χ0n) is 9.57. The van der Waals surface area contributed by atoms with E-state index in [1.54, 1.807) is 12.1 Å². The number of phenolic OH excluding ortho intramolecular Hbond substituents is 1. The summed E-state index contributed by atoms with van der Waals surface area (Å²) >= 11 is 0. The number of carbonyl (C=O) groups is 2. The fraction of sp³-hybridized carbons (Fsp3) is 0.333. The molecule has 1 amide bonds. The number of aromatic hydroxyl groups is 1. The molecule has 1 unspecified atom stereocenters. The number of phenols is 1. The molecule has 1 aliphatic rings. The third-order valence-electron chi connectivity index (χ3n) is 2.75. The lowest BCUT2D eigenvalue weighted by molar-refractivity contribution is -0.163. The molecule has 6 nitrogen and oxygen atoms in total. The average molecular weight is 251 g/mol. The van der Waals surface area contributed by atoms with Gasteiger partial charge in [0.05, 0.1) is 6.61 Å². The molecule has 6 heteroatoms. The zero-order chi connectivity index (χ0) is 13.1. The highest BCUT2D eigenvalue weighted by molar-refractivity contribution is 5.85. The number of carboxylic acid groups (broad SMARTS) is 1. The van der Waals surface area contributed by atoms with Crippen LogP contribution >= 0.6 is 0 Å². The van der Waals surface area contributed by atoms with Crippen LogP contribution < -0.4 is 0 Å². The third kappa shape index (κ3) is 2.60. The highest BCUT2D eigenvalue weighted by atomic mass is 16.5. The molecule has 1 aromatic rings. The summed E-state index contributed by atoms with van der Waals surface area (Å²) in [6.07, 6.45) is 0. The maximum atomic E-state index is 11.7. The minimum atomic E-state index is -1.09. The highest BCUT2D eigenvalue weighted by Crippen LogP contribution is 2.17. The second kappa shape index (κ2) is 5.05. The minimum Gasteiger partial charge on any atom is -0.508 e. The van der Waals surface area contributed by atoms with E-state index < -0.39 is 12.0 Å². The number of rotatable bonds is 3. The summed E-state index contributed by atoms with van der Waals surface area (Å²) in [5.74, 6) is -1.37. The number of hydrogen-bond donors (Lipinski definition) is 2. The molecule has 2 rings (SSSR count). The van der Waals surface area contributed by atoms with Gasteiger partial charge in [-0.2, -0.15) is 0 Å². The maximum Gasteiger partial charge on any atom is 0.328 e. The monoisotopic (exact) mass is 251 g/mol. The Bertz CT molecular complexity index is 473. The van der Waals surface area contributed by atoms with Crippen LogP contribution in [0.4, 0.5) is 0 Å². The number of nitrogens with zero attached hydrogens (tertiary/aromatic N) is 1. The van der Waals surface area contributed by atoms with Crippen LogP contribution in [0.25, 0.3) is 0 Å². The van der Waals surface area contributed by atoms with Crippen LogP contribution in [0, 0.1) is 0 Å². The molecule has 1 atom stereocenters. The summed E-state index contributed by atoms with van der Waals surface area (Å²) in [4.78, 5) is 24.0. The maximum absolute atomic E-state index is 11.7. The number of carboxylic acids is 1. The van der Waals surface area contributed by atoms with Crippen molar-refractivity contribution in [1.29, 1.82) is 0 Å². The van der Waals surface area contributed by atoms with E-state index in [-0.39, 0.29) is 31.4 Å². The van der Waals surface area contributed by atoms with Crippen molar-refractivity contribution in [3.63, 3.8) is 0 Å². The molecule has 0 aliphatic carbocycles. The quantitative estimate of drug-likeness (QED) is 0.801. The summed E-state index contributed by atoms with van der Waals surface area (Å²) in [5.41, 5.74) is 0.677. The van der Waals surface area contributed by atoms with Crippen LogP contribution in [0.1, 0.15) is 5.56 Å². The zero-order valence-corrected chi connectivity index (χ0v) is 9.57. The fourth-order valence-electron chi connectivity index (χ4n) is 1.86. The molecule has 1 aliphatic heterocycles. The van der Waals surface area contributed by atoms with Crippen molar-refractivity contribution in [2.45, 2.75) is 12.6 Å². The second-order valence-electron chi connectivity index (χ2n) is 4.06. The first-order valence-corrected chi connectivity index (χ1v) is 5.46. The number of morpholine rings is 1. The number of hydrogen-bond acceptors (Lipinski definition) is 4. The van der Waals surface area contributed by atoms with Gasteiger partial charge in [0.2, 0.25) is 5.91 Å². The molecule has 0 radical (unpaired) electrons.